The first-order chi connectivity index (χ1) is 14.3. The zero-order chi connectivity index (χ0) is 21.0. The van der Waals surface area contributed by atoms with Crippen LogP contribution in [0.15, 0.2) is 18.2 Å². The lowest BCUT2D eigenvalue weighted by molar-refractivity contribution is -0.136. The molecule has 7 nitrogen and oxygen atoms in total. The minimum atomic E-state index is -2.68. The lowest BCUT2D eigenvalue weighted by Gasteiger charge is -2.33. The molecule has 0 radical (unpaired) electrons. The second-order valence-electron chi connectivity index (χ2n) is 8.84. The van der Waals surface area contributed by atoms with Crippen molar-refractivity contribution in [3.05, 3.63) is 34.9 Å². The number of likely N-dealkylation sites (tertiary alicyclic amines) is 1. The molecule has 2 N–H and O–H groups in total. The van der Waals surface area contributed by atoms with E-state index < -0.39 is 23.8 Å². The predicted octanol–water partition coefficient (Wildman–Crippen LogP) is 0.734. The van der Waals surface area contributed by atoms with Gasteiger partial charge < -0.3 is 10.2 Å². The van der Waals surface area contributed by atoms with Crippen LogP contribution in [0.1, 0.15) is 34.3 Å². The number of piperidine rings is 2. The van der Waals surface area contributed by atoms with Gasteiger partial charge >= 0.3 is 0 Å². The van der Waals surface area contributed by atoms with Gasteiger partial charge in [-0.2, -0.15) is 0 Å². The third kappa shape index (κ3) is 3.30. The van der Waals surface area contributed by atoms with E-state index in [1.165, 1.54) is 4.90 Å². The van der Waals surface area contributed by atoms with Gasteiger partial charge in [-0.3, -0.25) is 24.6 Å². The Labute approximate surface area is 172 Å². The molecular formula is C21H24F2N4O3. The van der Waals surface area contributed by atoms with Crippen LogP contribution in [0.5, 0.6) is 0 Å². The molecule has 3 atom stereocenters. The number of carbonyl (C=O) groups excluding carboxylic acids is 3. The average molecular weight is 418 g/mol. The number of carbonyl (C=O) groups is 3. The fourth-order valence-electron chi connectivity index (χ4n) is 5.31. The molecule has 4 heterocycles. The number of halogens is 2. The topological polar surface area (TPSA) is 81.8 Å². The van der Waals surface area contributed by atoms with Crippen molar-refractivity contribution < 1.29 is 23.2 Å². The van der Waals surface area contributed by atoms with Crippen LogP contribution in [0.2, 0.25) is 0 Å². The zero-order valence-electron chi connectivity index (χ0n) is 16.5. The molecule has 0 saturated carbocycles. The van der Waals surface area contributed by atoms with Gasteiger partial charge in [0.15, 0.2) is 0 Å². The second-order valence-corrected chi connectivity index (χ2v) is 8.84. The summed E-state index contributed by atoms with van der Waals surface area (Å²) in [5, 5.41) is 5.14. The Bertz CT molecular complexity index is 922. The van der Waals surface area contributed by atoms with Gasteiger partial charge in [0.2, 0.25) is 11.8 Å². The summed E-state index contributed by atoms with van der Waals surface area (Å²) in [6.45, 7) is 2.25. The van der Waals surface area contributed by atoms with E-state index in [1.54, 1.807) is 6.07 Å². The van der Waals surface area contributed by atoms with Gasteiger partial charge in [-0.15, -0.1) is 0 Å². The SMILES string of the molecule is O=C1CCC(N2Cc3cc(CN4C[C@H]5CNCC(F)(F)[C@H]5C4)ccc3C2=O)C(=O)N1. The summed E-state index contributed by atoms with van der Waals surface area (Å²) in [6, 6.07) is 4.93. The highest BCUT2D eigenvalue weighted by atomic mass is 19.3. The number of hydrogen-bond acceptors (Lipinski definition) is 5. The number of alkyl halides is 2. The van der Waals surface area contributed by atoms with E-state index in [1.807, 2.05) is 12.1 Å². The van der Waals surface area contributed by atoms with Gasteiger partial charge in [-0.25, -0.2) is 8.78 Å². The van der Waals surface area contributed by atoms with Crippen LogP contribution in [0.4, 0.5) is 8.78 Å². The Morgan fingerprint density at radius 3 is 2.77 bits per heavy atom. The van der Waals surface area contributed by atoms with Crippen molar-refractivity contribution in [3.8, 4) is 0 Å². The van der Waals surface area contributed by atoms with Gasteiger partial charge in [-0.05, 0) is 36.1 Å². The Morgan fingerprint density at radius 1 is 1.17 bits per heavy atom. The molecule has 0 aliphatic carbocycles. The Hall–Kier alpha value is -2.39. The normalized spacial score (nSPS) is 30.9. The van der Waals surface area contributed by atoms with E-state index in [0.29, 0.717) is 44.7 Å². The molecule has 3 amide bonds. The highest BCUT2D eigenvalue weighted by molar-refractivity contribution is 6.05. The van der Waals surface area contributed by atoms with E-state index in [4.69, 9.17) is 0 Å². The summed E-state index contributed by atoms with van der Waals surface area (Å²) in [6.07, 6.45) is 0.550. The molecule has 1 unspecified atom stereocenters. The molecule has 160 valence electrons. The fraction of sp³-hybridized carbons (Fsp3) is 0.571. The third-order valence-corrected chi connectivity index (χ3v) is 6.82. The number of nitrogens with zero attached hydrogens (tertiary/aromatic N) is 2. The molecular weight excluding hydrogens is 394 g/mol. The van der Waals surface area contributed by atoms with E-state index >= 15 is 0 Å². The van der Waals surface area contributed by atoms with Crippen molar-refractivity contribution in [3.63, 3.8) is 0 Å². The lowest BCUT2D eigenvalue weighted by Crippen LogP contribution is -2.52. The van der Waals surface area contributed by atoms with Gasteiger partial charge in [0.25, 0.3) is 11.8 Å². The minimum absolute atomic E-state index is 0.0484. The smallest absolute Gasteiger partial charge is 0.264 e. The number of amides is 3. The molecule has 0 bridgehead atoms. The zero-order valence-corrected chi connectivity index (χ0v) is 16.5. The Morgan fingerprint density at radius 2 is 2.00 bits per heavy atom. The van der Waals surface area contributed by atoms with Crippen LogP contribution in [0, 0.1) is 11.8 Å². The standard InChI is InChI=1S/C21H24F2N4O3/c22-21(23)11-24-6-14-8-26(10-16(14)21)7-12-1-2-15-13(5-12)9-27(20(15)30)17-3-4-18(28)25-19(17)29/h1-2,5,14,16-17,24H,3-4,6-11H2,(H,25,28,29)/t14-,16+,17?/m1/s1. The van der Waals surface area contributed by atoms with Crippen molar-refractivity contribution >= 4 is 17.7 Å². The third-order valence-electron chi connectivity index (χ3n) is 6.82. The molecule has 0 spiro atoms. The number of rotatable bonds is 3. The molecule has 4 aliphatic heterocycles. The van der Waals surface area contributed by atoms with E-state index in [-0.39, 0.29) is 30.7 Å². The average Bonchev–Trinajstić information content (AvgIpc) is 3.24. The molecule has 1 aromatic carbocycles. The summed E-state index contributed by atoms with van der Waals surface area (Å²) < 4.78 is 28.4. The second kappa shape index (κ2) is 7.09. The first-order valence-electron chi connectivity index (χ1n) is 10.4. The number of hydrogen-bond donors (Lipinski definition) is 2. The minimum Gasteiger partial charge on any atom is -0.322 e. The first-order valence-corrected chi connectivity index (χ1v) is 10.4. The molecule has 4 aliphatic rings. The Kier molecular flexibility index (Phi) is 4.62. The monoisotopic (exact) mass is 418 g/mol. The van der Waals surface area contributed by atoms with Crippen molar-refractivity contribution in [2.45, 2.75) is 37.9 Å². The molecule has 9 heteroatoms. The fourth-order valence-corrected chi connectivity index (χ4v) is 5.31. The molecule has 0 aromatic heterocycles. The maximum Gasteiger partial charge on any atom is 0.264 e. The quantitative estimate of drug-likeness (QED) is 0.708. The Balaban J connectivity index is 1.28. The van der Waals surface area contributed by atoms with E-state index in [0.717, 1.165) is 11.1 Å². The van der Waals surface area contributed by atoms with Gasteiger partial charge in [0.05, 0.1) is 6.54 Å². The highest BCUT2D eigenvalue weighted by Gasteiger charge is 2.51. The summed E-state index contributed by atoms with van der Waals surface area (Å²) in [7, 11) is 0. The maximum absolute atomic E-state index is 14.2. The van der Waals surface area contributed by atoms with Gasteiger partial charge in [0.1, 0.15) is 6.04 Å². The summed E-state index contributed by atoms with van der Waals surface area (Å²) in [5.41, 5.74) is 2.38. The van der Waals surface area contributed by atoms with Crippen molar-refractivity contribution in [1.82, 2.24) is 20.4 Å². The number of fused-ring (bicyclic) bond motifs is 2. The first kappa shape index (κ1) is 19.6. The van der Waals surface area contributed by atoms with Crippen LogP contribution < -0.4 is 10.6 Å². The van der Waals surface area contributed by atoms with E-state index in [2.05, 4.69) is 15.5 Å². The predicted molar refractivity (Wildman–Crippen MR) is 103 cm³/mol. The van der Waals surface area contributed by atoms with E-state index in [9.17, 15) is 23.2 Å². The van der Waals surface area contributed by atoms with Gasteiger partial charge in [0, 0.05) is 44.1 Å². The van der Waals surface area contributed by atoms with Crippen molar-refractivity contribution in [1.29, 1.82) is 0 Å². The van der Waals surface area contributed by atoms with Gasteiger partial charge in [-0.1, -0.05) is 12.1 Å². The summed E-state index contributed by atoms with van der Waals surface area (Å²) in [4.78, 5) is 39.9. The maximum atomic E-state index is 14.2. The number of imide groups is 1. The summed E-state index contributed by atoms with van der Waals surface area (Å²) >= 11 is 0. The molecule has 3 fully saturated rings. The molecule has 30 heavy (non-hydrogen) atoms. The highest BCUT2D eigenvalue weighted by Crippen LogP contribution is 2.39. The van der Waals surface area contributed by atoms with Crippen LogP contribution in [0.25, 0.3) is 0 Å². The number of nitrogens with one attached hydrogen (secondary N) is 2. The lowest BCUT2D eigenvalue weighted by atomic mass is 9.87. The molecule has 1 aromatic rings. The largest absolute Gasteiger partial charge is 0.322 e. The molecule has 5 rings (SSSR count). The number of benzene rings is 1. The van der Waals surface area contributed by atoms with Crippen molar-refractivity contribution in [2.24, 2.45) is 11.8 Å². The van der Waals surface area contributed by atoms with Crippen molar-refractivity contribution in [2.75, 3.05) is 26.2 Å². The van der Waals surface area contributed by atoms with Crippen LogP contribution in [-0.2, 0) is 22.7 Å². The van der Waals surface area contributed by atoms with Crippen LogP contribution in [0.3, 0.4) is 0 Å². The van der Waals surface area contributed by atoms with Crippen LogP contribution >= 0.6 is 0 Å². The van der Waals surface area contributed by atoms with Crippen LogP contribution in [-0.4, -0.2) is 65.7 Å². The summed E-state index contributed by atoms with van der Waals surface area (Å²) in [5.74, 6) is -4.28. The molecule has 3 saturated heterocycles.